The van der Waals surface area contributed by atoms with E-state index >= 15 is 0 Å². The Bertz CT molecular complexity index is 810. The fraction of sp³-hybridized carbons (Fsp3) is 0.235. The van der Waals surface area contributed by atoms with Gasteiger partial charge in [0.2, 0.25) is 0 Å². The predicted octanol–water partition coefficient (Wildman–Crippen LogP) is 3.97. The van der Waals surface area contributed by atoms with Crippen LogP contribution in [0.15, 0.2) is 36.4 Å². The molecule has 0 aliphatic heterocycles. The summed E-state index contributed by atoms with van der Waals surface area (Å²) in [5.41, 5.74) is 1.03. The summed E-state index contributed by atoms with van der Waals surface area (Å²) in [6, 6.07) is 9.03. The van der Waals surface area contributed by atoms with Gasteiger partial charge < -0.3 is 14.8 Å². The Kier molecular flexibility index (Phi) is 5.82. The Balaban J connectivity index is 2.10. The summed E-state index contributed by atoms with van der Waals surface area (Å²) in [7, 11) is 1.37. The maximum absolute atomic E-state index is 12.3. The first-order valence-corrected chi connectivity index (χ1v) is 7.75. The van der Waals surface area contributed by atoms with Crippen molar-refractivity contribution in [2.45, 2.75) is 20.0 Å². The van der Waals surface area contributed by atoms with E-state index < -0.39 is 16.9 Å². The van der Waals surface area contributed by atoms with Crippen LogP contribution in [0.2, 0.25) is 5.02 Å². The van der Waals surface area contributed by atoms with Gasteiger partial charge in [-0.15, -0.1) is 0 Å². The smallest absolute Gasteiger partial charge is 0.273 e. The van der Waals surface area contributed by atoms with Gasteiger partial charge in [-0.1, -0.05) is 11.6 Å². The fourth-order valence-corrected chi connectivity index (χ4v) is 2.20. The topological polar surface area (TPSA) is 90.7 Å². The number of nitrogens with zero attached hydrogens (tertiary/aromatic N) is 1. The lowest BCUT2D eigenvalue weighted by Crippen LogP contribution is -2.30. The number of anilines is 1. The minimum absolute atomic E-state index is 0.129. The molecule has 0 fully saturated rings. The van der Waals surface area contributed by atoms with Gasteiger partial charge in [-0.3, -0.25) is 14.9 Å². The van der Waals surface area contributed by atoms with E-state index in [2.05, 4.69) is 5.32 Å². The highest BCUT2D eigenvalue weighted by atomic mass is 35.5. The third-order valence-corrected chi connectivity index (χ3v) is 3.89. The molecule has 7 nitrogen and oxygen atoms in total. The van der Waals surface area contributed by atoms with Gasteiger partial charge in [0.05, 0.1) is 23.8 Å². The molecule has 0 bridgehead atoms. The second-order valence-electron chi connectivity index (χ2n) is 5.30. The molecule has 8 heteroatoms. The normalized spacial score (nSPS) is 11.5. The third-order valence-electron chi connectivity index (χ3n) is 3.47. The Morgan fingerprint density at radius 2 is 2.00 bits per heavy atom. The number of hydrogen-bond donors (Lipinski definition) is 1. The Morgan fingerprint density at radius 3 is 2.60 bits per heavy atom. The zero-order valence-electron chi connectivity index (χ0n) is 13.9. The summed E-state index contributed by atoms with van der Waals surface area (Å²) in [4.78, 5) is 22.6. The molecule has 25 heavy (non-hydrogen) atoms. The van der Waals surface area contributed by atoms with E-state index in [1.807, 2.05) is 6.92 Å². The van der Waals surface area contributed by atoms with E-state index in [4.69, 9.17) is 21.1 Å². The summed E-state index contributed by atoms with van der Waals surface area (Å²) in [6.07, 6.45) is -0.791. The molecular formula is C17H17ClN2O5. The van der Waals surface area contributed by atoms with Gasteiger partial charge in [0.1, 0.15) is 11.5 Å². The van der Waals surface area contributed by atoms with Gasteiger partial charge in [0, 0.05) is 11.1 Å². The van der Waals surface area contributed by atoms with Crippen molar-refractivity contribution in [3.63, 3.8) is 0 Å². The van der Waals surface area contributed by atoms with E-state index in [1.165, 1.54) is 25.3 Å². The minimum Gasteiger partial charge on any atom is -0.494 e. The molecule has 2 aromatic carbocycles. The van der Waals surface area contributed by atoms with Crippen LogP contribution in [0, 0.1) is 17.0 Å². The molecule has 0 saturated heterocycles. The van der Waals surface area contributed by atoms with Crippen molar-refractivity contribution in [3.05, 3.63) is 57.1 Å². The molecular weight excluding hydrogens is 348 g/mol. The van der Waals surface area contributed by atoms with Gasteiger partial charge in [0.25, 0.3) is 11.6 Å². The highest BCUT2D eigenvalue weighted by molar-refractivity contribution is 6.31. The maximum atomic E-state index is 12.3. The molecule has 0 aliphatic carbocycles. The van der Waals surface area contributed by atoms with Gasteiger partial charge in [0.15, 0.2) is 6.10 Å². The van der Waals surface area contributed by atoms with Crippen molar-refractivity contribution < 1.29 is 19.2 Å². The SMILES string of the molecule is COc1cc([N+](=O)[O-])ccc1NC(=O)[C@H](C)Oc1ccc(Cl)c(C)c1. The number of methoxy groups -OCH3 is 1. The van der Waals surface area contributed by atoms with Crippen LogP contribution in [0.3, 0.4) is 0 Å². The molecule has 0 unspecified atom stereocenters. The first-order valence-electron chi connectivity index (χ1n) is 7.38. The number of aryl methyl sites for hydroxylation is 1. The Labute approximate surface area is 149 Å². The third kappa shape index (κ3) is 4.60. The van der Waals surface area contributed by atoms with E-state index in [1.54, 1.807) is 25.1 Å². The molecule has 2 aromatic rings. The number of rotatable bonds is 6. The highest BCUT2D eigenvalue weighted by Crippen LogP contribution is 2.29. The lowest BCUT2D eigenvalue weighted by Gasteiger charge is -2.16. The van der Waals surface area contributed by atoms with Crippen LogP contribution in [-0.2, 0) is 4.79 Å². The number of nitro benzene ring substituents is 1. The van der Waals surface area contributed by atoms with Gasteiger partial charge >= 0.3 is 0 Å². The molecule has 132 valence electrons. The van der Waals surface area contributed by atoms with Crippen molar-refractivity contribution in [2.24, 2.45) is 0 Å². The number of nitro groups is 1. The Hall–Kier alpha value is -2.80. The number of carbonyl (C=O) groups excluding carboxylic acids is 1. The molecule has 0 aliphatic rings. The van der Waals surface area contributed by atoms with E-state index in [-0.39, 0.29) is 11.4 Å². The van der Waals surface area contributed by atoms with Crippen LogP contribution in [0.1, 0.15) is 12.5 Å². The number of amides is 1. The molecule has 0 radical (unpaired) electrons. The molecule has 1 atom stereocenters. The van der Waals surface area contributed by atoms with Crippen molar-refractivity contribution >= 4 is 28.9 Å². The molecule has 1 amide bonds. The molecule has 1 N–H and O–H groups in total. The van der Waals surface area contributed by atoms with Gasteiger partial charge in [-0.05, 0) is 43.7 Å². The quantitative estimate of drug-likeness (QED) is 0.618. The lowest BCUT2D eigenvalue weighted by molar-refractivity contribution is -0.384. The minimum atomic E-state index is -0.791. The molecule has 2 rings (SSSR count). The fourth-order valence-electron chi connectivity index (χ4n) is 2.08. The van der Waals surface area contributed by atoms with Crippen LogP contribution in [0.25, 0.3) is 0 Å². The summed E-state index contributed by atoms with van der Waals surface area (Å²) in [6.45, 7) is 3.43. The van der Waals surface area contributed by atoms with Crippen LogP contribution >= 0.6 is 11.6 Å². The zero-order chi connectivity index (χ0) is 18.6. The number of benzene rings is 2. The van der Waals surface area contributed by atoms with Crippen molar-refractivity contribution in [1.29, 1.82) is 0 Å². The number of hydrogen-bond acceptors (Lipinski definition) is 5. The summed E-state index contributed by atoms with van der Waals surface area (Å²) < 4.78 is 10.7. The van der Waals surface area contributed by atoms with E-state index in [0.717, 1.165) is 5.56 Å². The maximum Gasteiger partial charge on any atom is 0.273 e. The average Bonchev–Trinajstić information content (AvgIpc) is 2.58. The van der Waals surface area contributed by atoms with Crippen molar-refractivity contribution in [3.8, 4) is 11.5 Å². The molecule has 0 saturated carbocycles. The number of non-ortho nitro benzene ring substituents is 1. The van der Waals surface area contributed by atoms with Crippen LogP contribution in [-0.4, -0.2) is 24.0 Å². The second kappa shape index (κ2) is 7.85. The van der Waals surface area contributed by atoms with E-state index in [0.29, 0.717) is 16.5 Å². The average molecular weight is 365 g/mol. The Morgan fingerprint density at radius 1 is 1.28 bits per heavy atom. The molecule has 0 spiro atoms. The number of nitrogens with one attached hydrogen (secondary N) is 1. The van der Waals surface area contributed by atoms with Crippen LogP contribution in [0.5, 0.6) is 11.5 Å². The van der Waals surface area contributed by atoms with Crippen LogP contribution < -0.4 is 14.8 Å². The van der Waals surface area contributed by atoms with Crippen LogP contribution in [0.4, 0.5) is 11.4 Å². The number of halogens is 1. The molecule has 0 aromatic heterocycles. The summed E-state index contributed by atoms with van der Waals surface area (Å²) >= 11 is 5.96. The van der Waals surface area contributed by atoms with Crippen molar-refractivity contribution in [1.82, 2.24) is 0 Å². The zero-order valence-corrected chi connectivity index (χ0v) is 14.7. The first-order chi connectivity index (χ1) is 11.8. The summed E-state index contributed by atoms with van der Waals surface area (Å²) in [5.74, 6) is 0.289. The lowest BCUT2D eigenvalue weighted by atomic mass is 10.2. The highest BCUT2D eigenvalue weighted by Gasteiger charge is 2.18. The predicted molar refractivity (Wildman–Crippen MR) is 94.6 cm³/mol. The summed E-state index contributed by atoms with van der Waals surface area (Å²) in [5, 5.41) is 14.0. The largest absolute Gasteiger partial charge is 0.494 e. The van der Waals surface area contributed by atoms with E-state index in [9.17, 15) is 14.9 Å². The second-order valence-corrected chi connectivity index (χ2v) is 5.71. The number of ether oxygens (including phenoxy) is 2. The first kappa shape index (κ1) is 18.5. The van der Waals surface area contributed by atoms with Gasteiger partial charge in [-0.2, -0.15) is 0 Å². The monoisotopic (exact) mass is 364 g/mol. The standard InChI is InChI=1S/C17H17ClN2O5/c1-10-8-13(5-6-14(10)18)25-11(2)17(21)19-15-7-4-12(20(22)23)9-16(15)24-3/h4-9,11H,1-3H3,(H,19,21)/t11-/m0/s1. The molecule has 0 heterocycles. The van der Waals surface area contributed by atoms with Gasteiger partial charge in [-0.25, -0.2) is 0 Å². The number of carbonyl (C=O) groups is 1. The van der Waals surface area contributed by atoms with Crippen molar-refractivity contribution in [2.75, 3.05) is 12.4 Å².